The maximum atomic E-state index is 11.7. The normalized spacial score (nSPS) is 10.8. The van der Waals surface area contributed by atoms with E-state index in [0.29, 0.717) is 49.6 Å². The van der Waals surface area contributed by atoms with Crippen LogP contribution >= 0.6 is 34.5 Å². The minimum atomic E-state index is -0.458. The van der Waals surface area contributed by atoms with Crippen LogP contribution in [0.2, 0.25) is 10.0 Å². The number of esters is 1. The summed E-state index contributed by atoms with van der Waals surface area (Å²) < 4.78 is 4.71. The summed E-state index contributed by atoms with van der Waals surface area (Å²) in [5, 5.41) is 15.9. The highest BCUT2D eigenvalue weighted by Crippen LogP contribution is 2.35. The molecule has 2 heterocycles. The molecule has 0 saturated heterocycles. The number of rotatable bonds is 6. The maximum Gasteiger partial charge on any atom is 0.337 e. The van der Waals surface area contributed by atoms with E-state index in [1.807, 2.05) is 6.07 Å². The second-order valence-corrected chi connectivity index (χ2v) is 8.45. The lowest BCUT2D eigenvalue weighted by Crippen LogP contribution is -2.04. The monoisotopic (exact) mass is 488 g/mol. The smallest absolute Gasteiger partial charge is 0.337 e. The van der Waals surface area contributed by atoms with Crippen molar-refractivity contribution in [1.29, 1.82) is 0 Å². The summed E-state index contributed by atoms with van der Waals surface area (Å²) in [6.07, 6.45) is 0. The summed E-state index contributed by atoms with van der Waals surface area (Å²) in [5.74, 6) is 0.352. The number of nitrogens with zero attached hydrogens (tertiary/aromatic N) is 3. The van der Waals surface area contributed by atoms with Crippen LogP contribution in [0.4, 0.5) is 10.8 Å². The zero-order chi connectivity index (χ0) is 22.8. The summed E-state index contributed by atoms with van der Waals surface area (Å²) >= 11 is 13.0. The Hall–Kier alpha value is -3.27. The van der Waals surface area contributed by atoms with E-state index < -0.39 is 10.9 Å². The number of thiophene rings is 1. The Morgan fingerprint density at radius 2 is 1.88 bits per heavy atom. The number of methoxy groups -OCH3 is 1. The SMILES string of the molecule is COC(=O)c1ccc(-c2nc(NCc3ccc(Cl)c(Cl)c3)c3cc([N+](=O)[O-])sc3n2)cc1. The van der Waals surface area contributed by atoms with Crippen molar-refractivity contribution in [2.75, 3.05) is 12.4 Å². The van der Waals surface area contributed by atoms with Crippen molar-refractivity contribution in [3.8, 4) is 11.4 Å². The molecule has 2 aromatic carbocycles. The van der Waals surface area contributed by atoms with Gasteiger partial charge >= 0.3 is 11.0 Å². The molecule has 0 aliphatic rings. The maximum absolute atomic E-state index is 11.7. The van der Waals surface area contributed by atoms with Crippen LogP contribution in [0.1, 0.15) is 15.9 Å². The summed E-state index contributed by atoms with van der Waals surface area (Å²) in [4.78, 5) is 32.1. The number of carbonyl (C=O) groups excluding carboxylic acids is 1. The number of nitro groups is 1. The van der Waals surface area contributed by atoms with Crippen LogP contribution in [-0.2, 0) is 11.3 Å². The van der Waals surface area contributed by atoms with Gasteiger partial charge in [0.25, 0.3) is 0 Å². The van der Waals surface area contributed by atoms with Crippen molar-refractivity contribution in [3.05, 3.63) is 79.8 Å². The van der Waals surface area contributed by atoms with Crippen molar-refractivity contribution in [1.82, 2.24) is 9.97 Å². The van der Waals surface area contributed by atoms with Crippen molar-refractivity contribution < 1.29 is 14.5 Å². The largest absolute Gasteiger partial charge is 0.465 e. The summed E-state index contributed by atoms with van der Waals surface area (Å²) in [6, 6.07) is 13.3. The molecule has 32 heavy (non-hydrogen) atoms. The molecule has 11 heteroatoms. The first kappa shape index (κ1) is 21.9. The van der Waals surface area contributed by atoms with Gasteiger partial charge in [-0.05, 0) is 41.2 Å². The van der Waals surface area contributed by atoms with Crippen molar-refractivity contribution in [2.45, 2.75) is 6.54 Å². The first-order chi connectivity index (χ1) is 15.4. The summed E-state index contributed by atoms with van der Waals surface area (Å²) in [5.41, 5.74) is 1.90. The average molecular weight is 489 g/mol. The van der Waals surface area contributed by atoms with Gasteiger partial charge in [0, 0.05) is 18.2 Å². The number of aromatic nitrogens is 2. The van der Waals surface area contributed by atoms with Gasteiger partial charge in [-0.3, -0.25) is 10.1 Å². The van der Waals surface area contributed by atoms with E-state index in [1.165, 1.54) is 13.2 Å². The fraction of sp³-hybridized carbons (Fsp3) is 0.0952. The summed E-state index contributed by atoms with van der Waals surface area (Å²) in [7, 11) is 1.31. The number of benzene rings is 2. The molecule has 2 aromatic heterocycles. The van der Waals surface area contributed by atoms with E-state index in [0.717, 1.165) is 16.9 Å². The van der Waals surface area contributed by atoms with Crippen LogP contribution in [-0.4, -0.2) is 28.0 Å². The lowest BCUT2D eigenvalue weighted by molar-refractivity contribution is -0.380. The molecule has 0 unspecified atom stereocenters. The van der Waals surface area contributed by atoms with Gasteiger partial charge in [-0.15, -0.1) is 0 Å². The molecule has 0 bridgehead atoms. The van der Waals surface area contributed by atoms with E-state index in [1.54, 1.807) is 36.4 Å². The lowest BCUT2D eigenvalue weighted by Gasteiger charge is -2.10. The molecule has 0 saturated carbocycles. The number of halogens is 2. The Morgan fingerprint density at radius 3 is 2.53 bits per heavy atom. The lowest BCUT2D eigenvalue weighted by atomic mass is 10.1. The quantitative estimate of drug-likeness (QED) is 0.202. The Kier molecular flexibility index (Phi) is 6.22. The number of anilines is 1. The molecule has 8 nitrogen and oxygen atoms in total. The zero-order valence-electron chi connectivity index (χ0n) is 16.5. The molecular formula is C21H14Cl2N4O4S. The number of fused-ring (bicyclic) bond motifs is 1. The van der Waals surface area contributed by atoms with Crippen molar-refractivity contribution in [3.63, 3.8) is 0 Å². The van der Waals surface area contributed by atoms with E-state index >= 15 is 0 Å². The van der Waals surface area contributed by atoms with Crippen molar-refractivity contribution >= 4 is 61.5 Å². The predicted octanol–water partition coefficient (Wildman–Crippen LogP) is 5.97. The van der Waals surface area contributed by atoms with E-state index in [2.05, 4.69) is 15.3 Å². The highest BCUT2D eigenvalue weighted by atomic mass is 35.5. The van der Waals surface area contributed by atoms with Gasteiger partial charge in [-0.25, -0.2) is 14.8 Å². The van der Waals surface area contributed by atoms with Gasteiger partial charge in [0.15, 0.2) is 5.82 Å². The molecule has 0 spiro atoms. The molecule has 0 fully saturated rings. The number of hydrogen-bond donors (Lipinski definition) is 1. The predicted molar refractivity (Wildman–Crippen MR) is 125 cm³/mol. The van der Waals surface area contributed by atoms with Crippen LogP contribution in [0.15, 0.2) is 48.5 Å². The number of nitrogens with one attached hydrogen (secondary N) is 1. The number of carbonyl (C=O) groups is 1. The highest BCUT2D eigenvalue weighted by Gasteiger charge is 2.18. The molecule has 162 valence electrons. The molecular weight excluding hydrogens is 475 g/mol. The van der Waals surface area contributed by atoms with Gasteiger partial charge in [0.1, 0.15) is 10.6 Å². The minimum absolute atomic E-state index is 0.0370. The fourth-order valence-corrected chi connectivity index (χ4v) is 4.14. The number of ether oxygens (including phenoxy) is 1. The van der Waals surface area contributed by atoms with Gasteiger partial charge in [0.2, 0.25) is 0 Å². The molecule has 4 rings (SSSR count). The standard InChI is InChI=1S/C21H14Cl2N4O4S/c1-31-21(28)13-5-3-12(4-6-13)18-25-19(14-9-17(27(29)30)32-20(14)26-18)24-10-11-2-7-15(22)16(23)8-11/h2-9H,10H2,1H3,(H,24,25,26). The Bertz CT molecular complexity index is 1340. The van der Waals surface area contributed by atoms with E-state index in [4.69, 9.17) is 27.9 Å². The zero-order valence-corrected chi connectivity index (χ0v) is 18.8. The molecule has 1 N–H and O–H groups in total. The highest BCUT2D eigenvalue weighted by molar-refractivity contribution is 7.21. The third kappa shape index (κ3) is 4.50. The second-order valence-electron chi connectivity index (χ2n) is 6.63. The second kappa shape index (κ2) is 9.07. The molecule has 0 aliphatic heterocycles. The molecule has 4 aromatic rings. The van der Waals surface area contributed by atoms with Crippen LogP contribution in [0, 0.1) is 10.1 Å². The molecule has 0 atom stereocenters. The van der Waals surface area contributed by atoms with Crippen LogP contribution in [0.25, 0.3) is 21.6 Å². The average Bonchev–Trinajstić information content (AvgIpc) is 3.24. The van der Waals surface area contributed by atoms with Crippen LogP contribution < -0.4 is 5.32 Å². The summed E-state index contributed by atoms with van der Waals surface area (Å²) in [6.45, 7) is 0.368. The fourth-order valence-electron chi connectivity index (χ4n) is 2.97. The number of hydrogen-bond acceptors (Lipinski definition) is 8. The van der Waals surface area contributed by atoms with E-state index in [9.17, 15) is 14.9 Å². The van der Waals surface area contributed by atoms with Gasteiger partial charge in [0.05, 0.1) is 33.0 Å². The molecule has 0 amide bonds. The Balaban J connectivity index is 1.73. The first-order valence-electron chi connectivity index (χ1n) is 9.18. The van der Waals surface area contributed by atoms with Crippen molar-refractivity contribution in [2.24, 2.45) is 0 Å². The Labute approximate surface area is 195 Å². The third-order valence-electron chi connectivity index (χ3n) is 4.57. The van der Waals surface area contributed by atoms with Gasteiger partial charge in [-0.2, -0.15) is 0 Å². The van der Waals surface area contributed by atoms with Gasteiger partial charge in [-0.1, -0.05) is 41.4 Å². The molecule has 0 radical (unpaired) electrons. The van der Waals surface area contributed by atoms with Crippen LogP contribution in [0.5, 0.6) is 0 Å². The van der Waals surface area contributed by atoms with Crippen LogP contribution in [0.3, 0.4) is 0 Å². The third-order valence-corrected chi connectivity index (χ3v) is 6.29. The van der Waals surface area contributed by atoms with Gasteiger partial charge < -0.3 is 10.1 Å². The molecule has 0 aliphatic carbocycles. The first-order valence-corrected chi connectivity index (χ1v) is 10.8. The minimum Gasteiger partial charge on any atom is -0.465 e. The topological polar surface area (TPSA) is 107 Å². The van der Waals surface area contributed by atoms with E-state index in [-0.39, 0.29) is 5.00 Å². The Morgan fingerprint density at radius 1 is 1.12 bits per heavy atom.